The Morgan fingerprint density at radius 2 is 2.23 bits per heavy atom. The van der Waals surface area contributed by atoms with Gasteiger partial charge in [-0.1, -0.05) is 6.07 Å². The standard InChI is InChI=1S/C20H23N3O2S/c1-14-6-10-26-17(14)19(25)23-9-7-20(13-23)11-16(20)18(24)22(2)12-15-5-3-4-8-21-15/h3-6,8,10,16H,7,9,11-13H2,1-2H3. The number of aromatic nitrogens is 1. The summed E-state index contributed by atoms with van der Waals surface area (Å²) in [4.78, 5) is 34.4. The quantitative estimate of drug-likeness (QED) is 0.833. The average molecular weight is 369 g/mol. The Hall–Kier alpha value is -2.21. The molecule has 0 aromatic carbocycles. The lowest BCUT2D eigenvalue weighted by Crippen LogP contribution is -2.32. The molecule has 1 spiro atoms. The molecule has 2 unspecified atom stereocenters. The fraction of sp³-hybridized carbons (Fsp3) is 0.450. The van der Waals surface area contributed by atoms with E-state index in [1.807, 2.05) is 48.5 Å². The van der Waals surface area contributed by atoms with Crippen LogP contribution in [-0.4, -0.2) is 46.7 Å². The van der Waals surface area contributed by atoms with Gasteiger partial charge in [0.1, 0.15) is 0 Å². The van der Waals surface area contributed by atoms with Crippen LogP contribution in [0.3, 0.4) is 0 Å². The largest absolute Gasteiger partial charge is 0.340 e. The zero-order valence-corrected chi connectivity index (χ0v) is 16.0. The van der Waals surface area contributed by atoms with Crippen LogP contribution in [0, 0.1) is 18.3 Å². The highest BCUT2D eigenvalue weighted by atomic mass is 32.1. The number of rotatable bonds is 4. The summed E-state index contributed by atoms with van der Waals surface area (Å²) in [6, 6.07) is 7.73. The molecule has 26 heavy (non-hydrogen) atoms. The summed E-state index contributed by atoms with van der Waals surface area (Å²) in [5, 5.41) is 1.96. The van der Waals surface area contributed by atoms with Crippen LogP contribution in [0.15, 0.2) is 35.8 Å². The minimum Gasteiger partial charge on any atom is -0.340 e. The first-order valence-electron chi connectivity index (χ1n) is 8.98. The minimum absolute atomic E-state index is 0.00369. The predicted molar refractivity (Wildman–Crippen MR) is 101 cm³/mol. The molecule has 2 fully saturated rings. The topological polar surface area (TPSA) is 53.5 Å². The molecule has 4 rings (SSSR count). The number of thiophene rings is 1. The molecule has 6 heteroatoms. The number of hydrogen-bond donors (Lipinski definition) is 0. The Labute approximate surface area is 157 Å². The monoisotopic (exact) mass is 369 g/mol. The molecule has 1 aliphatic carbocycles. The van der Waals surface area contributed by atoms with Gasteiger partial charge in [0.15, 0.2) is 0 Å². The van der Waals surface area contributed by atoms with Gasteiger partial charge in [0.25, 0.3) is 5.91 Å². The van der Waals surface area contributed by atoms with Gasteiger partial charge < -0.3 is 9.80 Å². The molecule has 2 aliphatic rings. The third-order valence-electron chi connectivity index (χ3n) is 5.72. The highest BCUT2D eigenvalue weighted by Crippen LogP contribution is 2.59. The van der Waals surface area contributed by atoms with E-state index >= 15 is 0 Å². The summed E-state index contributed by atoms with van der Waals surface area (Å²) in [6.07, 6.45) is 3.57. The Balaban J connectivity index is 1.38. The average Bonchev–Trinajstić information content (AvgIpc) is 2.94. The second-order valence-electron chi connectivity index (χ2n) is 7.54. The molecule has 0 bridgehead atoms. The normalized spacial score (nSPS) is 24.1. The number of hydrogen-bond acceptors (Lipinski definition) is 4. The van der Waals surface area contributed by atoms with Crippen molar-refractivity contribution < 1.29 is 9.59 Å². The van der Waals surface area contributed by atoms with Crippen LogP contribution in [0.5, 0.6) is 0 Å². The number of nitrogens with zero attached hydrogens (tertiary/aromatic N) is 3. The van der Waals surface area contributed by atoms with Crippen molar-refractivity contribution >= 4 is 23.2 Å². The van der Waals surface area contributed by atoms with Crippen LogP contribution >= 0.6 is 11.3 Å². The van der Waals surface area contributed by atoms with Gasteiger partial charge >= 0.3 is 0 Å². The van der Waals surface area contributed by atoms with E-state index in [-0.39, 0.29) is 23.1 Å². The molecule has 2 atom stereocenters. The number of carbonyl (C=O) groups excluding carboxylic acids is 2. The zero-order chi connectivity index (χ0) is 18.3. The first-order valence-corrected chi connectivity index (χ1v) is 9.86. The molecule has 5 nitrogen and oxygen atoms in total. The molecule has 2 aromatic rings. The van der Waals surface area contributed by atoms with Gasteiger partial charge in [-0.05, 0) is 48.9 Å². The lowest BCUT2D eigenvalue weighted by molar-refractivity contribution is -0.132. The Bertz CT molecular complexity index is 835. The minimum atomic E-state index is -0.00369. The van der Waals surface area contributed by atoms with Gasteiger partial charge in [-0.2, -0.15) is 0 Å². The molecule has 3 heterocycles. The van der Waals surface area contributed by atoms with Crippen molar-refractivity contribution in [1.29, 1.82) is 0 Å². The molecule has 1 saturated carbocycles. The van der Waals surface area contributed by atoms with Gasteiger partial charge in [-0.15, -0.1) is 11.3 Å². The second kappa shape index (κ2) is 6.50. The molecule has 136 valence electrons. The summed E-state index contributed by atoms with van der Waals surface area (Å²) in [5.74, 6) is 0.338. The van der Waals surface area contributed by atoms with Crippen molar-refractivity contribution in [2.75, 3.05) is 20.1 Å². The Morgan fingerprint density at radius 1 is 1.38 bits per heavy atom. The van der Waals surface area contributed by atoms with Gasteiger partial charge in [0, 0.05) is 37.7 Å². The molecule has 2 amide bonds. The third-order valence-corrected chi connectivity index (χ3v) is 6.72. The number of pyridine rings is 1. The van der Waals surface area contributed by atoms with Crippen molar-refractivity contribution in [3.8, 4) is 0 Å². The van der Waals surface area contributed by atoms with Crippen molar-refractivity contribution in [2.45, 2.75) is 26.3 Å². The lowest BCUT2D eigenvalue weighted by Gasteiger charge is -2.19. The van der Waals surface area contributed by atoms with Gasteiger partial charge in [0.2, 0.25) is 5.91 Å². The number of carbonyl (C=O) groups is 2. The van der Waals surface area contributed by atoms with E-state index < -0.39 is 0 Å². The molecule has 1 saturated heterocycles. The SMILES string of the molecule is Cc1ccsc1C(=O)N1CCC2(CC2C(=O)N(C)Cc2ccccn2)C1. The first-order chi connectivity index (χ1) is 12.5. The highest BCUT2D eigenvalue weighted by Gasteiger charge is 2.62. The fourth-order valence-electron chi connectivity index (χ4n) is 4.03. The van der Waals surface area contributed by atoms with Crippen LogP contribution in [0.1, 0.15) is 33.8 Å². The molecular weight excluding hydrogens is 346 g/mol. The van der Waals surface area contributed by atoms with Gasteiger partial charge in [-0.25, -0.2) is 0 Å². The molecule has 0 N–H and O–H groups in total. The summed E-state index contributed by atoms with van der Waals surface area (Å²) < 4.78 is 0. The van der Waals surface area contributed by atoms with E-state index in [0.717, 1.165) is 35.5 Å². The predicted octanol–water partition coefficient (Wildman–Crippen LogP) is 2.96. The first kappa shape index (κ1) is 17.2. The van der Waals surface area contributed by atoms with E-state index in [0.29, 0.717) is 13.1 Å². The van der Waals surface area contributed by atoms with E-state index in [9.17, 15) is 9.59 Å². The van der Waals surface area contributed by atoms with Gasteiger partial charge in [0.05, 0.1) is 17.1 Å². The summed E-state index contributed by atoms with van der Waals surface area (Å²) >= 11 is 1.50. The van der Waals surface area contributed by atoms with Crippen LogP contribution < -0.4 is 0 Å². The Morgan fingerprint density at radius 3 is 2.92 bits per heavy atom. The maximum Gasteiger partial charge on any atom is 0.264 e. The lowest BCUT2D eigenvalue weighted by atomic mass is 10.0. The smallest absolute Gasteiger partial charge is 0.264 e. The third kappa shape index (κ3) is 3.03. The summed E-state index contributed by atoms with van der Waals surface area (Å²) in [5.41, 5.74) is 1.94. The molecular formula is C20H23N3O2S. The van der Waals surface area contributed by atoms with E-state index in [1.54, 1.807) is 11.1 Å². The maximum atomic E-state index is 12.8. The molecule has 2 aromatic heterocycles. The second-order valence-corrected chi connectivity index (χ2v) is 8.46. The maximum absolute atomic E-state index is 12.8. The van der Waals surface area contributed by atoms with Crippen molar-refractivity contribution in [3.63, 3.8) is 0 Å². The van der Waals surface area contributed by atoms with Crippen LogP contribution in [-0.2, 0) is 11.3 Å². The van der Waals surface area contributed by atoms with Crippen molar-refractivity contribution in [2.24, 2.45) is 11.3 Å². The van der Waals surface area contributed by atoms with Crippen molar-refractivity contribution in [1.82, 2.24) is 14.8 Å². The fourth-order valence-corrected chi connectivity index (χ4v) is 4.92. The molecule has 1 aliphatic heterocycles. The molecule has 0 radical (unpaired) electrons. The van der Waals surface area contributed by atoms with E-state index in [1.165, 1.54) is 11.3 Å². The number of aryl methyl sites for hydroxylation is 1. The van der Waals surface area contributed by atoms with Crippen LogP contribution in [0.2, 0.25) is 0 Å². The summed E-state index contributed by atoms with van der Waals surface area (Å²) in [6.45, 7) is 3.97. The number of likely N-dealkylation sites (tertiary alicyclic amines) is 1. The number of amides is 2. The van der Waals surface area contributed by atoms with Crippen LogP contribution in [0.25, 0.3) is 0 Å². The zero-order valence-electron chi connectivity index (χ0n) is 15.1. The summed E-state index contributed by atoms with van der Waals surface area (Å²) in [7, 11) is 1.84. The Kier molecular flexibility index (Phi) is 4.31. The van der Waals surface area contributed by atoms with E-state index in [4.69, 9.17) is 0 Å². The van der Waals surface area contributed by atoms with Gasteiger partial charge in [-0.3, -0.25) is 14.6 Å². The highest BCUT2D eigenvalue weighted by molar-refractivity contribution is 7.12. The van der Waals surface area contributed by atoms with E-state index in [2.05, 4.69) is 4.98 Å². The van der Waals surface area contributed by atoms with Crippen LogP contribution in [0.4, 0.5) is 0 Å². The van der Waals surface area contributed by atoms with Crippen molar-refractivity contribution in [3.05, 3.63) is 52.0 Å².